The minimum absolute atomic E-state index is 0.200. The number of nitrogens with zero attached hydrogens (tertiary/aromatic N) is 1. The molecule has 0 saturated carbocycles. The van der Waals surface area contributed by atoms with Gasteiger partial charge in [-0.3, -0.25) is 9.69 Å². The van der Waals surface area contributed by atoms with Gasteiger partial charge in [0.05, 0.1) is 0 Å². The first-order valence-electron chi connectivity index (χ1n) is 7.35. The molecule has 1 atom stereocenters. The predicted molar refractivity (Wildman–Crippen MR) is 78.2 cm³/mol. The third kappa shape index (κ3) is 3.79. The Morgan fingerprint density at radius 1 is 1.35 bits per heavy atom. The van der Waals surface area contributed by atoms with Gasteiger partial charge in [0.15, 0.2) is 0 Å². The van der Waals surface area contributed by atoms with Crippen molar-refractivity contribution >= 4 is 5.91 Å². The summed E-state index contributed by atoms with van der Waals surface area (Å²) in [6.45, 7) is 7.19. The zero-order valence-electron chi connectivity index (χ0n) is 12.2. The smallest absolute Gasteiger partial charge is 0.251 e. The largest absolute Gasteiger partial charge is 0.350 e. The van der Waals surface area contributed by atoms with Gasteiger partial charge >= 0.3 is 0 Å². The van der Waals surface area contributed by atoms with Gasteiger partial charge in [-0.15, -0.1) is 0 Å². The van der Waals surface area contributed by atoms with E-state index in [4.69, 9.17) is 0 Å². The van der Waals surface area contributed by atoms with E-state index < -0.39 is 0 Å². The van der Waals surface area contributed by atoms with Crippen molar-refractivity contribution in [2.75, 3.05) is 19.6 Å². The first-order valence-corrected chi connectivity index (χ1v) is 7.35. The van der Waals surface area contributed by atoms with E-state index in [1.807, 2.05) is 0 Å². The molecule has 0 spiro atoms. The summed E-state index contributed by atoms with van der Waals surface area (Å²) >= 11 is 0. The van der Waals surface area contributed by atoms with E-state index in [1.54, 1.807) is 12.1 Å². The molecule has 1 heterocycles. The van der Waals surface area contributed by atoms with Gasteiger partial charge in [0.1, 0.15) is 5.82 Å². The van der Waals surface area contributed by atoms with Crippen molar-refractivity contribution in [1.29, 1.82) is 0 Å². The van der Waals surface area contributed by atoms with E-state index in [0.717, 1.165) is 13.1 Å². The van der Waals surface area contributed by atoms with Crippen molar-refractivity contribution in [3.05, 3.63) is 35.6 Å². The van der Waals surface area contributed by atoms with Crippen LogP contribution in [-0.2, 0) is 0 Å². The number of hydrogen-bond acceptors (Lipinski definition) is 2. The summed E-state index contributed by atoms with van der Waals surface area (Å²) in [7, 11) is 0. The predicted octanol–water partition coefficient (Wildman–Crippen LogP) is 2.68. The Labute approximate surface area is 120 Å². The topological polar surface area (TPSA) is 32.3 Å². The molecule has 0 radical (unpaired) electrons. The lowest BCUT2D eigenvalue weighted by molar-refractivity contribution is 0.0927. The second-order valence-corrected chi connectivity index (χ2v) is 5.77. The fourth-order valence-corrected chi connectivity index (χ4v) is 2.79. The van der Waals surface area contributed by atoms with Crippen LogP contribution in [0.15, 0.2) is 24.3 Å². The summed E-state index contributed by atoms with van der Waals surface area (Å²) in [5, 5.41) is 2.94. The van der Waals surface area contributed by atoms with Crippen molar-refractivity contribution < 1.29 is 9.18 Å². The van der Waals surface area contributed by atoms with Gasteiger partial charge in [0.25, 0.3) is 5.91 Å². The van der Waals surface area contributed by atoms with Crippen LogP contribution in [0.3, 0.4) is 0 Å². The summed E-state index contributed by atoms with van der Waals surface area (Å²) in [6.07, 6.45) is 2.47. The van der Waals surface area contributed by atoms with Crippen molar-refractivity contribution in [3.8, 4) is 0 Å². The van der Waals surface area contributed by atoms with E-state index in [9.17, 15) is 9.18 Å². The average Bonchev–Trinajstić information content (AvgIpc) is 2.92. The Morgan fingerprint density at radius 3 is 2.65 bits per heavy atom. The van der Waals surface area contributed by atoms with Crippen LogP contribution in [0.4, 0.5) is 4.39 Å². The molecule has 1 aliphatic heterocycles. The number of nitrogens with one attached hydrogen (secondary N) is 1. The van der Waals surface area contributed by atoms with Crippen LogP contribution in [0.1, 0.15) is 37.0 Å². The third-order valence-corrected chi connectivity index (χ3v) is 3.94. The molecule has 20 heavy (non-hydrogen) atoms. The van der Waals surface area contributed by atoms with Gasteiger partial charge in [-0.1, -0.05) is 19.9 Å². The van der Waals surface area contributed by atoms with Crippen LogP contribution in [-0.4, -0.2) is 36.5 Å². The van der Waals surface area contributed by atoms with E-state index in [0.29, 0.717) is 24.1 Å². The van der Waals surface area contributed by atoms with Gasteiger partial charge in [0.2, 0.25) is 0 Å². The minimum atomic E-state index is -0.377. The zero-order chi connectivity index (χ0) is 14.5. The molecule has 1 unspecified atom stereocenters. The minimum Gasteiger partial charge on any atom is -0.350 e. The molecule has 1 fully saturated rings. The zero-order valence-corrected chi connectivity index (χ0v) is 12.2. The fraction of sp³-hybridized carbons (Fsp3) is 0.562. The molecular weight excluding hydrogens is 255 g/mol. The quantitative estimate of drug-likeness (QED) is 0.898. The molecule has 2 rings (SSSR count). The van der Waals surface area contributed by atoms with Crippen LogP contribution in [0.25, 0.3) is 0 Å². The standard InChI is InChI=1S/C16H23FN2O/c1-12(2)15(19-8-3-4-9-19)11-18-16(20)13-6-5-7-14(17)10-13/h5-7,10,12,15H,3-4,8-9,11H2,1-2H3,(H,18,20). The lowest BCUT2D eigenvalue weighted by Gasteiger charge is -2.31. The highest BCUT2D eigenvalue weighted by Crippen LogP contribution is 2.17. The van der Waals surface area contributed by atoms with E-state index in [1.165, 1.54) is 25.0 Å². The summed E-state index contributed by atoms with van der Waals surface area (Å²) in [4.78, 5) is 14.5. The van der Waals surface area contributed by atoms with Gasteiger partial charge in [-0.2, -0.15) is 0 Å². The van der Waals surface area contributed by atoms with Crippen molar-refractivity contribution in [2.24, 2.45) is 5.92 Å². The molecule has 4 heteroatoms. The molecule has 0 aromatic heterocycles. The second kappa shape index (κ2) is 6.84. The average molecular weight is 278 g/mol. The summed E-state index contributed by atoms with van der Waals surface area (Å²) < 4.78 is 13.1. The molecular formula is C16H23FN2O. The maximum Gasteiger partial charge on any atom is 0.251 e. The number of benzene rings is 1. The lowest BCUT2D eigenvalue weighted by Crippen LogP contribution is -2.45. The van der Waals surface area contributed by atoms with E-state index in [-0.39, 0.29) is 11.7 Å². The monoisotopic (exact) mass is 278 g/mol. The van der Waals surface area contributed by atoms with Crippen molar-refractivity contribution in [3.63, 3.8) is 0 Å². The molecule has 0 aliphatic carbocycles. The van der Waals surface area contributed by atoms with Crippen LogP contribution in [0, 0.1) is 11.7 Å². The molecule has 110 valence electrons. The van der Waals surface area contributed by atoms with Gasteiger partial charge < -0.3 is 5.32 Å². The van der Waals surface area contributed by atoms with Gasteiger partial charge in [-0.25, -0.2) is 4.39 Å². The number of carbonyl (C=O) groups excluding carboxylic acids is 1. The Balaban J connectivity index is 1.93. The molecule has 1 aliphatic rings. The Bertz CT molecular complexity index is 456. The fourth-order valence-electron chi connectivity index (χ4n) is 2.79. The van der Waals surface area contributed by atoms with Crippen LogP contribution in [0.5, 0.6) is 0 Å². The number of halogens is 1. The van der Waals surface area contributed by atoms with Crippen molar-refractivity contribution in [1.82, 2.24) is 10.2 Å². The first kappa shape index (κ1) is 15.0. The molecule has 3 nitrogen and oxygen atoms in total. The van der Waals surface area contributed by atoms with Crippen LogP contribution < -0.4 is 5.32 Å². The number of hydrogen-bond donors (Lipinski definition) is 1. The normalized spacial score (nSPS) is 17.4. The highest BCUT2D eigenvalue weighted by Gasteiger charge is 2.24. The molecule has 0 bridgehead atoms. The summed E-state index contributed by atoms with van der Waals surface area (Å²) in [5.74, 6) is -0.0899. The van der Waals surface area contributed by atoms with Gasteiger partial charge in [-0.05, 0) is 50.0 Å². The number of amides is 1. The SMILES string of the molecule is CC(C)C(CNC(=O)c1cccc(F)c1)N1CCCC1. The molecule has 1 saturated heterocycles. The number of carbonyl (C=O) groups is 1. The highest BCUT2D eigenvalue weighted by atomic mass is 19.1. The molecule has 1 amide bonds. The molecule has 1 N–H and O–H groups in total. The summed E-state index contributed by atoms with van der Waals surface area (Å²) in [5.41, 5.74) is 0.383. The molecule has 1 aromatic carbocycles. The summed E-state index contributed by atoms with van der Waals surface area (Å²) in [6, 6.07) is 6.17. The first-order chi connectivity index (χ1) is 9.58. The Hall–Kier alpha value is -1.42. The maximum atomic E-state index is 13.1. The van der Waals surface area contributed by atoms with Crippen LogP contribution >= 0.6 is 0 Å². The van der Waals surface area contributed by atoms with E-state index >= 15 is 0 Å². The lowest BCUT2D eigenvalue weighted by atomic mass is 10.0. The number of likely N-dealkylation sites (tertiary alicyclic amines) is 1. The van der Waals surface area contributed by atoms with Crippen molar-refractivity contribution in [2.45, 2.75) is 32.7 Å². The Kier molecular flexibility index (Phi) is 5.12. The van der Waals surface area contributed by atoms with Crippen LogP contribution in [0.2, 0.25) is 0 Å². The Morgan fingerprint density at radius 2 is 2.05 bits per heavy atom. The third-order valence-electron chi connectivity index (χ3n) is 3.94. The maximum absolute atomic E-state index is 13.1. The van der Waals surface area contributed by atoms with E-state index in [2.05, 4.69) is 24.1 Å². The second-order valence-electron chi connectivity index (χ2n) is 5.77. The highest BCUT2D eigenvalue weighted by molar-refractivity contribution is 5.94. The molecule has 1 aromatic rings. The van der Waals surface area contributed by atoms with Gasteiger partial charge in [0, 0.05) is 18.2 Å². The number of rotatable bonds is 5.